The fourth-order valence-corrected chi connectivity index (χ4v) is 5.01. The summed E-state index contributed by atoms with van der Waals surface area (Å²) < 4.78 is 33.4. The highest BCUT2D eigenvalue weighted by Gasteiger charge is 2.44. The Hall–Kier alpha value is -2.84. The molecule has 0 aromatic heterocycles. The van der Waals surface area contributed by atoms with Crippen LogP contribution in [0, 0.1) is 0 Å². The van der Waals surface area contributed by atoms with E-state index in [1.165, 1.54) is 21.3 Å². The molecule has 2 aliphatic rings. The largest absolute Gasteiger partial charge is 0.502 e. The number of aryl methyl sites for hydroxylation is 1. The minimum atomic E-state index is -1.50. The third-order valence-corrected chi connectivity index (χ3v) is 7.14. The van der Waals surface area contributed by atoms with Gasteiger partial charge in [0.25, 0.3) is 0 Å². The minimum absolute atomic E-state index is 0.134. The molecule has 216 valence electrons. The maximum Gasteiger partial charge on any atom is 0.200 e. The molecule has 2 aromatic rings. The number of hydrogen-bond acceptors (Lipinski definition) is 12. The number of ether oxygens (including phenoxy) is 6. The summed E-state index contributed by atoms with van der Waals surface area (Å²) in [4.78, 5) is 0. The maximum atomic E-state index is 10.3. The zero-order valence-corrected chi connectivity index (χ0v) is 22.0. The van der Waals surface area contributed by atoms with Gasteiger partial charge in [-0.1, -0.05) is 6.07 Å². The van der Waals surface area contributed by atoms with Crippen molar-refractivity contribution in [2.45, 2.75) is 55.6 Å². The van der Waals surface area contributed by atoms with Gasteiger partial charge in [-0.15, -0.1) is 0 Å². The molecule has 2 aliphatic heterocycles. The summed E-state index contributed by atoms with van der Waals surface area (Å²) in [5.41, 5.74) is 2.30. The standard InChI is InChI=1S/C27H36O12/c1-34-17-9-14(10-18(35-2)21(17)30)25-16(11-28)15-7-13(8-19(36-3)26(15)39-25)5-4-6-37-27-24(33)23(32)22(31)20(12-29)38-27/h7-10,16,20,22-25,27-33H,4-6,11-12H2,1-3H3/t16-,20-,22-,23+,24-,25+,27-/m1/s1. The Balaban J connectivity index is 1.48. The first-order valence-electron chi connectivity index (χ1n) is 12.6. The lowest BCUT2D eigenvalue weighted by Crippen LogP contribution is -2.59. The lowest BCUT2D eigenvalue weighted by atomic mass is 9.90. The molecule has 0 aliphatic carbocycles. The van der Waals surface area contributed by atoms with Crippen LogP contribution >= 0.6 is 0 Å². The van der Waals surface area contributed by atoms with Crippen molar-refractivity contribution in [2.24, 2.45) is 0 Å². The third-order valence-electron chi connectivity index (χ3n) is 7.14. The topological polar surface area (TPSA) is 177 Å². The number of phenols is 1. The molecule has 12 heteroatoms. The number of benzene rings is 2. The van der Waals surface area contributed by atoms with Crippen molar-refractivity contribution in [3.8, 4) is 28.7 Å². The van der Waals surface area contributed by atoms with Crippen molar-refractivity contribution in [1.82, 2.24) is 0 Å². The molecular formula is C27H36O12. The molecule has 2 heterocycles. The fourth-order valence-electron chi connectivity index (χ4n) is 5.01. The molecule has 2 aromatic carbocycles. The smallest absolute Gasteiger partial charge is 0.200 e. The van der Waals surface area contributed by atoms with Crippen LogP contribution in [0.25, 0.3) is 0 Å². The molecule has 4 rings (SSSR count). The Labute approximate surface area is 225 Å². The van der Waals surface area contributed by atoms with Crippen molar-refractivity contribution in [3.05, 3.63) is 41.0 Å². The Morgan fingerprint density at radius 1 is 0.821 bits per heavy atom. The molecule has 39 heavy (non-hydrogen) atoms. The van der Waals surface area contributed by atoms with Crippen molar-refractivity contribution in [3.63, 3.8) is 0 Å². The van der Waals surface area contributed by atoms with Crippen molar-refractivity contribution in [1.29, 1.82) is 0 Å². The summed E-state index contributed by atoms with van der Waals surface area (Å²) in [6.07, 6.45) is -6.17. The normalized spacial score (nSPS) is 28.1. The summed E-state index contributed by atoms with van der Waals surface area (Å²) in [7, 11) is 4.39. The number of fused-ring (bicyclic) bond motifs is 1. The average molecular weight is 553 g/mol. The van der Waals surface area contributed by atoms with Crippen LogP contribution in [-0.2, 0) is 15.9 Å². The SMILES string of the molecule is COc1cc([C@@H]2Oc3c(OC)cc(CCCO[C@@H]4O[C@H](CO)[C@@H](O)[C@H](O)[C@H]4O)cc3[C@H]2CO)cc(OC)c1O. The predicted molar refractivity (Wildman–Crippen MR) is 135 cm³/mol. The van der Waals surface area contributed by atoms with Crippen molar-refractivity contribution >= 4 is 0 Å². The zero-order chi connectivity index (χ0) is 28.3. The van der Waals surface area contributed by atoms with E-state index in [0.717, 1.165) is 11.1 Å². The molecule has 7 atom stereocenters. The van der Waals surface area contributed by atoms with Gasteiger partial charge in [-0.2, -0.15) is 0 Å². The van der Waals surface area contributed by atoms with E-state index in [2.05, 4.69) is 0 Å². The lowest BCUT2D eigenvalue weighted by Gasteiger charge is -2.39. The van der Waals surface area contributed by atoms with E-state index < -0.39 is 49.3 Å². The third kappa shape index (κ3) is 5.73. The van der Waals surface area contributed by atoms with Crippen LogP contribution in [0.2, 0.25) is 0 Å². The summed E-state index contributed by atoms with van der Waals surface area (Å²) in [5, 5.41) is 59.9. The van der Waals surface area contributed by atoms with E-state index in [9.17, 15) is 30.6 Å². The van der Waals surface area contributed by atoms with Crippen LogP contribution in [0.15, 0.2) is 24.3 Å². The number of aromatic hydroxyl groups is 1. The second kappa shape index (κ2) is 12.6. The fraction of sp³-hybridized carbons (Fsp3) is 0.556. The van der Waals surface area contributed by atoms with E-state index in [1.807, 2.05) is 12.1 Å². The van der Waals surface area contributed by atoms with Crippen LogP contribution in [0.1, 0.15) is 35.1 Å². The molecule has 0 spiro atoms. The van der Waals surface area contributed by atoms with Crippen LogP contribution in [0.3, 0.4) is 0 Å². The Kier molecular flexibility index (Phi) is 9.39. The lowest BCUT2D eigenvalue weighted by molar-refractivity contribution is -0.301. The van der Waals surface area contributed by atoms with Gasteiger partial charge in [-0.25, -0.2) is 0 Å². The van der Waals surface area contributed by atoms with Crippen LogP contribution in [-0.4, -0.2) is 102 Å². The van der Waals surface area contributed by atoms with E-state index in [0.29, 0.717) is 29.9 Å². The number of hydrogen-bond donors (Lipinski definition) is 6. The van der Waals surface area contributed by atoms with Crippen LogP contribution in [0.4, 0.5) is 0 Å². The Bertz CT molecular complexity index is 1100. The molecule has 6 N–H and O–H groups in total. The molecule has 1 saturated heterocycles. The first kappa shape index (κ1) is 29.2. The van der Waals surface area contributed by atoms with Gasteiger partial charge in [0.1, 0.15) is 30.5 Å². The van der Waals surface area contributed by atoms with Crippen molar-refractivity contribution in [2.75, 3.05) is 41.2 Å². The Morgan fingerprint density at radius 2 is 1.49 bits per heavy atom. The molecule has 1 fully saturated rings. The van der Waals surface area contributed by atoms with E-state index >= 15 is 0 Å². The summed E-state index contributed by atoms with van der Waals surface area (Å²) in [5.74, 6) is 0.869. The van der Waals surface area contributed by atoms with E-state index in [-0.39, 0.29) is 30.5 Å². The highest BCUT2D eigenvalue weighted by Crippen LogP contribution is 2.52. The monoisotopic (exact) mass is 552 g/mol. The summed E-state index contributed by atoms with van der Waals surface area (Å²) >= 11 is 0. The first-order valence-corrected chi connectivity index (χ1v) is 12.6. The van der Waals surface area contributed by atoms with Gasteiger partial charge < -0.3 is 59.1 Å². The molecular weight excluding hydrogens is 516 g/mol. The summed E-state index contributed by atoms with van der Waals surface area (Å²) in [6, 6.07) is 7.05. The van der Waals surface area contributed by atoms with Gasteiger partial charge in [0.15, 0.2) is 29.3 Å². The minimum Gasteiger partial charge on any atom is -0.502 e. The number of aliphatic hydroxyl groups excluding tert-OH is 5. The van der Waals surface area contributed by atoms with E-state index in [1.54, 1.807) is 12.1 Å². The van der Waals surface area contributed by atoms with Crippen molar-refractivity contribution < 1.29 is 59.1 Å². The molecule has 0 saturated carbocycles. The van der Waals surface area contributed by atoms with Crippen LogP contribution in [0.5, 0.6) is 28.7 Å². The average Bonchev–Trinajstić information content (AvgIpc) is 3.33. The summed E-state index contributed by atoms with van der Waals surface area (Å²) in [6.45, 7) is -0.577. The van der Waals surface area contributed by atoms with Gasteiger partial charge in [0.2, 0.25) is 5.75 Å². The maximum absolute atomic E-state index is 10.3. The van der Waals surface area contributed by atoms with Gasteiger partial charge in [0.05, 0.1) is 47.1 Å². The number of rotatable bonds is 11. The number of phenolic OH excluding ortho intramolecular Hbond substituents is 1. The highest BCUT2D eigenvalue weighted by molar-refractivity contribution is 5.58. The molecule has 12 nitrogen and oxygen atoms in total. The zero-order valence-electron chi connectivity index (χ0n) is 22.0. The number of methoxy groups -OCH3 is 3. The quantitative estimate of drug-likeness (QED) is 0.212. The van der Waals surface area contributed by atoms with Gasteiger partial charge in [0, 0.05) is 11.1 Å². The first-order chi connectivity index (χ1) is 18.8. The highest BCUT2D eigenvalue weighted by atomic mass is 16.7. The number of aliphatic hydroxyl groups is 5. The predicted octanol–water partition coefficient (Wildman–Crippen LogP) is 0.377. The molecule has 0 unspecified atom stereocenters. The Morgan fingerprint density at radius 3 is 2.08 bits per heavy atom. The second-order valence-electron chi connectivity index (χ2n) is 9.49. The second-order valence-corrected chi connectivity index (χ2v) is 9.49. The van der Waals surface area contributed by atoms with Gasteiger partial charge in [-0.05, 0) is 36.6 Å². The van der Waals surface area contributed by atoms with Gasteiger partial charge >= 0.3 is 0 Å². The van der Waals surface area contributed by atoms with E-state index in [4.69, 9.17) is 28.4 Å². The molecule has 0 amide bonds. The molecule has 0 radical (unpaired) electrons. The molecule has 0 bridgehead atoms. The van der Waals surface area contributed by atoms with Crippen LogP contribution < -0.4 is 18.9 Å². The van der Waals surface area contributed by atoms with Gasteiger partial charge in [-0.3, -0.25) is 0 Å².